The minimum atomic E-state index is -0.838. The lowest BCUT2D eigenvalue weighted by atomic mass is 10.2. The summed E-state index contributed by atoms with van der Waals surface area (Å²) in [4.78, 5) is 8.21. The number of aromatic nitrogens is 2. The second-order valence-electron chi connectivity index (χ2n) is 3.47. The number of rotatable bonds is 3. The van der Waals surface area contributed by atoms with Crippen molar-refractivity contribution in [2.75, 3.05) is 5.32 Å². The van der Waals surface area contributed by atoms with Gasteiger partial charge >= 0.3 is 0 Å². The van der Waals surface area contributed by atoms with Crippen molar-refractivity contribution >= 4 is 5.82 Å². The molecule has 2 heterocycles. The molecule has 2 aromatic heterocycles. The van der Waals surface area contributed by atoms with Gasteiger partial charge in [-0.3, -0.25) is 4.98 Å². The number of aliphatic hydroxyl groups is 1. The summed E-state index contributed by atoms with van der Waals surface area (Å²) in [5, 5.41) is 12.8. The summed E-state index contributed by atoms with van der Waals surface area (Å²) in [6, 6.07) is 9.19. The van der Waals surface area contributed by atoms with E-state index in [0.717, 1.165) is 5.56 Å². The summed E-state index contributed by atoms with van der Waals surface area (Å²) < 4.78 is 0. The monoisotopic (exact) mass is 215 g/mol. The molecule has 1 atom stereocenters. The van der Waals surface area contributed by atoms with E-state index in [4.69, 9.17) is 0 Å². The van der Waals surface area contributed by atoms with Gasteiger partial charge in [0.05, 0.1) is 5.69 Å². The number of aryl methyl sites for hydroxylation is 1. The van der Waals surface area contributed by atoms with Gasteiger partial charge in [-0.05, 0) is 30.7 Å². The highest BCUT2D eigenvalue weighted by Crippen LogP contribution is 2.16. The van der Waals surface area contributed by atoms with Crippen LogP contribution in [0.1, 0.15) is 17.5 Å². The van der Waals surface area contributed by atoms with Gasteiger partial charge in [-0.1, -0.05) is 12.1 Å². The van der Waals surface area contributed by atoms with Crippen LogP contribution >= 0.6 is 0 Å². The summed E-state index contributed by atoms with van der Waals surface area (Å²) in [7, 11) is 0. The first-order chi connectivity index (χ1) is 7.77. The van der Waals surface area contributed by atoms with Crippen molar-refractivity contribution in [2.24, 2.45) is 0 Å². The Kier molecular flexibility index (Phi) is 3.12. The fourth-order valence-electron chi connectivity index (χ4n) is 1.38. The Morgan fingerprint density at radius 2 is 1.94 bits per heavy atom. The Morgan fingerprint density at radius 3 is 2.62 bits per heavy atom. The maximum absolute atomic E-state index is 9.88. The second-order valence-corrected chi connectivity index (χ2v) is 3.47. The molecular formula is C12H13N3O. The quantitative estimate of drug-likeness (QED) is 0.768. The van der Waals surface area contributed by atoms with E-state index in [2.05, 4.69) is 15.3 Å². The van der Waals surface area contributed by atoms with E-state index >= 15 is 0 Å². The highest BCUT2D eigenvalue weighted by atomic mass is 16.3. The molecule has 0 bridgehead atoms. The summed E-state index contributed by atoms with van der Waals surface area (Å²) >= 11 is 0. The van der Waals surface area contributed by atoms with Crippen molar-refractivity contribution in [1.82, 2.24) is 9.97 Å². The molecule has 0 aliphatic carbocycles. The largest absolute Gasteiger partial charge is 0.368 e. The zero-order valence-corrected chi connectivity index (χ0v) is 8.96. The average molecular weight is 215 g/mol. The molecule has 2 aromatic rings. The fourth-order valence-corrected chi connectivity index (χ4v) is 1.38. The molecule has 0 saturated carbocycles. The minimum Gasteiger partial charge on any atom is -0.368 e. The second kappa shape index (κ2) is 4.72. The number of nitrogens with one attached hydrogen (secondary N) is 1. The van der Waals surface area contributed by atoms with Gasteiger partial charge in [0.25, 0.3) is 0 Å². The van der Waals surface area contributed by atoms with Gasteiger partial charge in [0.1, 0.15) is 5.82 Å². The van der Waals surface area contributed by atoms with Crippen LogP contribution in [0, 0.1) is 6.92 Å². The van der Waals surface area contributed by atoms with E-state index in [1.807, 2.05) is 31.2 Å². The normalized spacial score (nSPS) is 12.1. The first-order valence-corrected chi connectivity index (χ1v) is 5.04. The Bertz CT molecular complexity index is 459. The van der Waals surface area contributed by atoms with Crippen LogP contribution in [-0.2, 0) is 0 Å². The number of aliphatic hydroxyl groups excluding tert-OH is 1. The molecule has 0 spiro atoms. The molecule has 16 heavy (non-hydrogen) atoms. The molecule has 2 N–H and O–H groups in total. The molecule has 82 valence electrons. The zero-order valence-electron chi connectivity index (χ0n) is 8.96. The van der Waals surface area contributed by atoms with Crippen molar-refractivity contribution < 1.29 is 5.11 Å². The standard InChI is InChI=1S/C12H13N3O/c1-9-5-4-8-14-11(9)15-12(16)10-6-2-3-7-13-10/h2-8,12,16H,1H3,(H,14,15). The lowest BCUT2D eigenvalue weighted by Gasteiger charge is -2.13. The van der Waals surface area contributed by atoms with Crippen LogP contribution in [0.2, 0.25) is 0 Å². The van der Waals surface area contributed by atoms with Gasteiger partial charge < -0.3 is 10.4 Å². The van der Waals surface area contributed by atoms with Crippen LogP contribution in [0.3, 0.4) is 0 Å². The van der Waals surface area contributed by atoms with E-state index in [0.29, 0.717) is 11.5 Å². The predicted molar refractivity (Wildman–Crippen MR) is 61.8 cm³/mol. The molecule has 0 aromatic carbocycles. The van der Waals surface area contributed by atoms with E-state index in [-0.39, 0.29) is 0 Å². The van der Waals surface area contributed by atoms with Crippen LogP contribution < -0.4 is 5.32 Å². The highest BCUT2D eigenvalue weighted by Gasteiger charge is 2.09. The molecule has 2 rings (SSSR count). The molecular weight excluding hydrogens is 202 g/mol. The molecule has 4 nitrogen and oxygen atoms in total. The lowest BCUT2D eigenvalue weighted by molar-refractivity contribution is 0.202. The SMILES string of the molecule is Cc1cccnc1NC(O)c1ccccn1. The van der Waals surface area contributed by atoms with E-state index in [1.54, 1.807) is 18.5 Å². The van der Waals surface area contributed by atoms with E-state index < -0.39 is 6.23 Å². The maximum Gasteiger partial charge on any atom is 0.169 e. The number of hydrogen-bond donors (Lipinski definition) is 2. The van der Waals surface area contributed by atoms with E-state index in [9.17, 15) is 5.11 Å². The molecule has 0 saturated heterocycles. The van der Waals surface area contributed by atoms with Crippen molar-refractivity contribution in [1.29, 1.82) is 0 Å². The molecule has 0 amide bonds. The predicted octanol–water partition coefficient (Wildman–Crippen LogP) is 1.89. The third-order valence-corrected chi connectivity index (χ3v) is 2.25. The Hall–Kier alpha value is -1.94. The average Bonchev–Trinajstić information content (AvgIpc) is 2.33. The molecule has 0 fully saturated rings. The van der Waals surface area contributed by atoms with Crippen LogP contribution in [0.5, 0.6) is 0 Å². The van der Waals surface area contributed by atoms with Crippen molar-refractivity contribution in [2.45, 2.75) is 13.2 Å². The van der Waals surface area contributed by atoms with Crippen LogP contribution in [0.15, 0.2) is 42.7 Å². The maximum atomic E-state index is 9.88. The lowest BCUT2D eigenvalue weighted by Crippen LogP contribution is -2.12. The van der Waals surface area contributed by atoms with E-state index in [1.165, 1.54) is 0 Å². The van der Waals surface area contributed by atoms with Crippen LogP contribution in [0.25, 0.3) is 0 Å². The first kappa shape index (κ1) is 10.6. The summed E-state index contributed by atoms with van der Waals surface area (Å²) in [5.41, 5.74) is 1.56. The van der Waals surface area contributed by atoms with Crippen LogP contribution in [0.4, 0.5) is 5.82 Å². The van der Waals surface area contributed by atoms with Gasteiger partial charge in [0.15, 0.2) is 6.23 Å². The summed E-state index contributed by atoms with van der Waals surface area (Å²) in [6.45, 7) is 1.93. The molecule has 0 aliphatic rings. The third kappa shape index (κ3) is 2.35. The van der Waals surface area contributed by atoms with Gasteiger partial charge in [-0.15, -0.1) is 0 Å². The fraction of sp³-hybridized carbons (Fsp3) is 0.167. The van der Waals surface area contributed by atoms with Gasteiger partial charge in [-0.25, -0.2) is 4.98 Å². The molecule has 4 heteroatoms. The molecule has 0 radical (unpaired) electrons. The number of pyridine rings is 2. The smallest absolute Gasteiger partial charge is 0.169 e. The van der Waals surface area contributed by atoms with Gasteiger partial charge in [0, 0.05) is 12.4 Å². The topological polar surface area (TPSA) is 58.0 Å². The Labute approximate surface area is 94.0 Å². The number of anilines is 1. The Balaban J connectivity index is 2.14. The highest BCUT2D eigenvalue weighted by molar-refractivity contribution is 5.43. The van der Waals surface area contributed by atoms with Crippen molar-refractivity contribution in [3.05, 3.63) is 54.0 Å². The third-order valence-electron chi connectivity index (χ3n) is 2.25. The Morgan fingerprint density at radius 1 is 1.12 bits per heavy atom. The molecule has 1 unspecified atom stereocenters. The van der Waals surface area contributed by atoms with Crippen molar-refractivity contribution in [3.8, 4) is 0 Å². The number of nitrogens with zero attached hydrogens (tertiary/aromatic N) is 2. The number of hydrogen-bond acceptors (Lipinski definition) is 4. The van der Waals surface area contributed by atoms with Crippen LogP contribution in [-0.4, -0.2) is 15.1 Å². The minimum absolute atomic E-state index is 0.576. The van der Waals surface area contributed by atoms with Gasteiger partial charge in [0.2, 0.25) is 0 Å². The molecule has 0 aliphatic heterocycles. The van der Waals surface area contributed by atoms with Gasteiger partial charge in [-0.2, -0.15) is 0 Å². The first-order valence-electron chi connectivity index (χ1n) is 5.04. The zero-order chi connectivity index (χ0) is 11.4. The summed E-state index contributed by atoms with van der Waals surface area (Å²) in [6.07, 6.45) is 2.49. The van der Waals surface area contributed by atoms with Crippen molar-refractivity contribution in [3.63, 3.8) is 0 Å². The summed E-state index contributed by atoms with van der Waals surface area (Å²) in [5.74, 6) is 0.667.